The Morgan fingerprint density at radius 2 is 1.14 bits per heavy atom. The SMILES string of the molecule is C=Cn1c2ccccc2c2ccccc21.Cc1ccccc1. The summed E-state index contributed by atoms with van der Waals surface area (Å²) in [7, 11) is 0. The van der Waals surface area contributed by atoms with Crippen molar-refractivity contribution >= 4 is 28.0 Å². The number of fused-ring (bicyclic) bond motifs is 3. The normalized spacial score (nSPS) is 10.2. The molecule has 1 heterocycles. The number of hydrogen-bond donors (Lipinski definition) is 0. The Balaban J connectivity index is 0.000000174. The van der Waals surface area contributed by atoms with Crippen LogP contribution in [0, 0.1) is 6.92 Å². The summed E-state index contributed by atoms with van der Waals surface area (Å²) in [6.45, 7) is 5.95. The van der Waals surface area contributed by atoms with E-state index >= 15 is 0 Å². The number of para-hydroxylation sites is 2. The van der Waals surface area contributed by atoms with Crippen LogP contribution in [0.15, 0.2) is 85.4 Å². The fourth-order valence-electron chi connectivity index (χ4n) is 2.68. The van der Waals surface area contributed by atoms with Crippen LogP contribution in [0.3, 0.4) is 0 Å². The van der Waals surface area contributed by atoms with Gasteiger partial charge in [-0.1, -0.05) is 78.9 Å². The first-order valence-corrected chi connectivity index (χ1v) is 7.43. The predicted molar refractivity (Wildman–Crippen MR) is 97.0 cm³/mol. The molecule has 4 rings (SSSR count). The maximum absolute atomic E-state index is 3.87. The number of benzene rings is 3. The van der Waals surface area contributed by atoms with Gasteiger partial charge in [0.05, 0.1) is 11.0 Å². The third-order valence-electron chi connectivity index (χ3n) is 3.74. The van der Waals surface area contributed by atoms with Crippen molar-refractivity contribution in [2.75, 3.05) is 0 Å². The van der Waals surface area contributed by atoms with Crippen molar-refractivity contribution < 1.29 is 0 Å². The average molecular weight is 285 g/mol. The van der Waals surface area contributed by atoms with Crippen LogP contribution in [0.25, 0.3) is 28.0 Å². The van der Waals surface area contributed by atoms with Gasteiger partial charge in [0.25, 0.3) is 0 Å². The van der Waals surface area contributed by atoms with Gasteiger partial charge in [0.15, 0.2) is 0 Å². The topological polar surface area (TPSA) is 4.93 Å². The molecule has 1 heteroatoms. The lowest BCUT2D eigenvalue weighted by Gasteiger charge is -1.97. The second kappa shape index (κ2) is 6.31. The van der Waals surface area contributed by atoms with Gasteiger partial charge in [-0.25, -0.2) is 0 Å². The highest BCUT2D eigenvalue weighted by molar-refractivity contribution is 6.09. The van der Waals surface area contributed by atoms with Crippen LogP contribution in [0.1, 0.15) is 5.56 Å². The van der Waals surface area contributed by atoms with Crippen LogP contribution in [0.2, 0.25) is 0 Å². The van der Waals surface area contributed by atoms with Crippen LogP contribution < -0.4 is 0 Å². The number of aromatic nitrogens is 1. The molecule has 0 saturated carbocycles. The lowest BCUT2D eigenvalue weighted by atomic mass is 10.2. The van der Waals surface area contributed by atoms with Gasteiger partial charge in [-0.2, -0.15) is 0 Å². The van der Waals surface area contributed by atoms with Gasteiger partial charge >= 0.3 is 0 Å². The Morgan fingerprint density at radius 3 is 1.55 bits per heavy atom. The van der Waals surface area contributed by atoms with Crippen LogP contribution in [0.5, 0.6) is 0 Å². The molecule has 1 nitrogen and oxygen atoms in total. The molecule has 0 aliphatic heterocycles. The van der Waals surface area contributed by atoms with E-state index in [4.69, 9.17) is 0 Å². The summed E-state index contributed by atoms with van der Waals surface area (Å²) in [5, 5.41) is 2.57. The van der Waals surface area contributed by atoms with Crippen molar-refractivity contribution in [3.63, 3.8) is 0 Å². The van der Waals surface area contributed by atoms with Gasteiger partial charge in [0, 0.05) is 17.0 Å². The molecule has 0 saturated heterocycles. The minimum Gasteiger partial charge on any atom is -0.317 e. The Bertz CT molecular complexity index is 848. The summed E-state index contributed by atoms with van der Waals surface area (Å²) in [5.74, 6) is 0. The third kappa shape index (κ3) is 2.66. The first-order chi connectivity index (χ1) is 10.8. The molecule has 0 atom stereocenters. The minimum absolute atomic E-state index is 1.22. The molecule has 3 aromatic carbocycles. The molecule has 4 aromatic rings. The average Bonchev–Trinajstić information content (AvgIpc) is 2.90. The minimum atomic E-state index is 1.22. The Kier molecular flexibility index (Phi) is 4.06. The summed E-state index contributed by atoms with van der Waals surface area (Å²) in [5.41, 5.74) is 3.75. The van der Waals surface area contributed by atoms with Gasteiger partial charge in [-0.05, 0) is 19.1 Å². The zero-order valence-corrected chi connectivity index (χ0v) is 12.7. The van der Waals surface area contributed by atoms with Crippen molar-refractivity contribution in [1.82, 2.24) is 4.57 Å². The van der Waals surface area contributed by atoms with Crippen molar-refractivity contribution in [3.8, 4) is 0 Å². The Hall–Kier alpha value is -2.80. The smallest absolute Gasteiger partial charge is 0.0534 e. The molecular formula is C21H19N. The van der Waals surface area contributed by atoms with E-state index in [1.807, 2.05) is 24.4 Å². The molecule has 0 N–H and O–H groups in total. The molecule has 0 amide bonds. The van der Waals surface area contributed by atoms with E-state index in [9.17, 15) is 0 Å². The largest absolute Gasteiger partial charge is 0.317 e. The van der Waals surface area contributed by atoms with E-state index in [1.54, 1.807) is 0 Å². The molecule has 0 spiro atoms. The first-order valence-electron chi connectivity index (χ1n) is 7.43. The van der Waals surface area contributed by atoms with Gasteiger partial charge in [0.1, 0.15) is 0 Å². The maximum Gasteiger partial charge on any atom is 0.0534 e. The van der Waals surface area contributed by atoms with Crippen molar-refractivity contribution in [2.45, 2.75) is 6.92 Å². The summed E-state index contributed by atoms with van der Waals surface area (Å²) in [4.78, 5) is 0. The van der Waals surface area contributed by atoms with Crippen molar-refractivity contribution in [2.24, 2.45) is 0 Å². The van der Waals surface area contributed by atoms with Crippen LogP contribution in [-0.4, -0.2) is 4.57 Å². The second-order valence-corrected chi connectivity index (χ2v) is 5.24. The molecule has 0 unspecified atom stereocenters. The highest BCUT2D eigenvalue weighted by atomic mass is 14.9. The fourth-order valence-corrected chi connectivity index (χ4v) is 2.68. The lowest BCUT2D eigenvalue weighted by Crippen LogP contribution is -1.82. The van der Waals surface area contributed by atoms with E-state index in [0.717, 1.165) is 0 Å². The Morgan fingerprint density at radius 1 is 0.682 bits per heavy atom. The van der Waals surface area contributed by atoms with E-state index < -0.39 is 0 Å². The second-order valence-electron chi connectivity index (χ2n) is 5.24. The van der Waals surface area contributed by atoms with Gasteiger partial charge in [-0.15, -0.1) is 0 Å². The highest BCUT2D eigenvalue weighted by Crippen LogP contribution is 2.28. The summed E-state index contributed by atoms with van der Waals surface area (Å²) in [6.07, 6.45) is 1.87. The molecule has 1 aromatic heterocycles. The first kappa shape index (κ1) is 14.2. The summed E-state index contributed by atoms with van der Waals surface area (Å²) >= 11 is 0. The molecule has 0 radical (unpaired) electrons. The number of nitrogens with zero attached hydrogens (tertiary/aromatic N) is 1. The third-order valence-corrected chi connectivity index (χ3v) is 3.74. The van der Waals surface area contributed by atoms with E-state index in [-0.39, 0.29) is 0 Å². The summed E-state index contributed by atoms with van der Waals surface area (Å²) in [6, 6.07) is 27.1. The molecule has 0 aliphatic rings. The molecule has 108 valence electrons. The van der Waals surface area contributed by atoms with Gasteiger partial charge in [-0.3, -0.25) is 0 Å². The van der Waals surface area contributed by atoms with E-state index in [0.29, 0.717) is 0 Å². The number of hydrogen-bond acceptors (Lipinski definition) is 0. The van der Waals surface area contributed by atoms with Crippen LogP contribution >= 0.6 is 0 Å². The quantitative estimate of drug-likeness (QED) is 0.411. The molecule has 22 heavy (non-hydrogen) atoms. The lowest BCUT2D eigenvalue weighted by molar-refractivity contribution is 1.30. The highest BCUT2D eigenvalue weighted by Gasteiger charge is 2.06. The van der Waals surface area contributed by atoms with E-state index in [1.165, 1.54) is 27.4 Å². The van der Waals surface area contributed by atoms with Gasteiger partial charge in [0.2, 0.25) is 0 Å². The molecule has 0 aliphatic carbocycles. The van der Waals surface area contributed by atoms with Crippen molar-refractivity contribution in [3.05, 3.63) is 91.0 Å². The molecule has 0 fully saturated rings. The fraction of sp³-hybridized carbons (Fsp3) is 0.0476. The molecule has 0 bridgehead atoms. The van der Waals surface area contributed by atoms with Gasteiger partial charge < -0.3 is 4.57 Å². The molecular weight excluding hydrogens is 266 g/mol. The van der Waals surface area contributed by atoms with E-state index in [2.05, 4.69) is 78.7 Å². The monoisotopic (exact) mass is 285 g/mol. The zero-order valence-electron chi connectivity index (χ0n) is 12.7. The van der Waals surface area contributed by atoms with Crippen LogP contribution in [0.4, 0.5) is 0 Å². The van der Waals surface area contributed by atoms with Crippen molar-refractivity contribution in [1.29, 1.82) is 0 Å². The standard InChI is InChI=1S/C14H11N.C7H8/c1-2-15-13-9-5-3-7-11(13)12-8-4-6-10-14(12)15;1-7-5-3-2-4-6-7/h2-10H,1H2;2-6H,1H3. The summed E-state index contributed by atoms with van der Waals surface area (Å²) < 4.78 is 2.13. The zero-order chi connectivity index (χ0) is 15.4. The maximum atomic E-state index is 3.87. The Labute approximate surface area is 131 Å². The predicted octanol–water partition coefficient (Wildman–Crippen LogP) is 5.89. The number of aryl methyl sites for hydroxylation is 1. The van der Waals surface area contributed by atoms with Crippen LogP contribution in [-0.2, 0) is 0 Å². The number of rotatable bonds is 1.